The molecule has 2 aliphatic heterocycles. The van der Waals surface area contributed by atoms with Crippen LogP contribution in [0.2, 0.25) is 0 Å². The number of benzene rings is 1. The third-order valence-corrected chi connectivity index (χ3v) is 6.89. The van der Waals surface area contributed by atoms with E-state index in [1.165, 1.54) is 4.68 Å². The maximum absolute atomic E-state index is 13.3. The van der Waals surface area contributed by atoms with Gasteiger partial charge in [0.15, 0.2) is 11.5 Å². The van der Waals surface area contributed by atoms with Crippen molar-refractivity contribution in [2.45, 2.75) is 57.2 Å². The van der Waals surface area contributed by atoms with E-state index >= 15 is 0 Å². The van der Waals surface area contributed by atoms with Crippen molar-refractivity contribution in [1.82, 2.24) is 14.7 Å². The summed E-state index contributed by atoms with van der Waals surface area (Å²) in [6, 6.07) is 8.89. The number of likely N-dealkylation sites (tertiary alicyclic amines) is 1. The van der Waals surface area contributed by atoms with Gasteiger partial charge < -0.3 is 19.1 Å². The summed E-state index contributed by atoms with van der Waals surface area (Å²) in [5.74, 6) is 1.60. The Morgan fingerprint density at radius 1 is 1.12 bits per heavy atom. The lowest BCUT2D eigenvalue weighted by atomic mass is 9.86. The summed E-state index contributed by atoms with van der Waals surface area (Å²) in [5, 5.41) is 4.61. The molecule has 0 bridgehead atoms. The van der Waals surface area contributed by atoms with Crippen LogP contribution in [0.5, 0.6) is 11.5 Å². The molecule has 1 saturated carbocycles. The van der Waals surface area contributed by atoms with Gasteiger partial charge in [-0.25, -0.2) is 4.68 Å². The zero-order chi connectivity index (χ0) is 22.1. The van der Waals surface area contributed by atoms with E-state index in [0.29, 0.717) is 23.7 Å². The Morgan fingerprint density at radius 2 is 2.00 bits per heavy atom. The quantitative estimate of drug-likeness (QED) is 0.713. The minimum Gasteiger partial charge on any atom is -0.454 e. The number of nitrogens with zero attached hydrogens (tertiary/aromatic N) is 3. The van der Waals surface area contributed by atoms with Gasteiger partial charge in [-0.05, 0) is 56.4 Å². The van der Waals surface area contributed by atoms with Crippen molar-refractivity contribution in [3.8, 4) is 22.8 Å². The largest absolute Gasteiger partial charge is 0.454 e. The molecule has 0 N–H and O–H groups in total. The Labute approximate surface area is 187 Å². The number of ether oxygens (including phenoxy) is 3. The minimum atomic E-state index is -0.161. The van der Waals surface area contributed by atoms with Crippen molar-refractivity contribution in [2.24, 2.45) is 5.92 Å². The number of amides is 1. The highest BCUT2D eigenvalue weighted by molar-refractivity contribution is 5.79. The van der Waals surface area contributed by atoms with Gasteiger partial charge in [-0.1, -0.05) is 6.42 Å². The van der Waals surface area contributed by atoms with Crippen LogP contribution in [0.15, 0.2) is 35.1 Å². The van der Waals surface area contributed by atoms with Gasteiger partial charge in [0, 0.05) is 31.2 Å². The second kappa shape index (κ2) is 8.94. The predicted molar refractivity (Wildman–Crippen MR) is 118 cm³/mol. The van der Waals surface area contributed by atoms with E-state index in [9.17, 15) is 9.59 Å². The lowest BCUT2D eigenvalue weighted by Crippen LogP contribution is -2.44. The molecule has 8 heteroatoms. The molecular formula is C24H29N3O5. The molecule has 1 amide bonds. The number of hydrogen-bond acceptors (Lipinski definition) is 6. The Balaban J connectivity index is 1.33. The first-order valence-corrected chi connectivity index (χ1v) is 11.4. The summed E-state index contributed by atoms with van der Waals surface area (Å²) in [7, 11) is 1.72. The molecule has 5 rings (SSSR count). The average Bonchev–Trinajstić information content (AvgIpc) is 3.49. The van der Waals surface area contributed by atoms with Gasteiger partial charge in [0.1, 0.15) is 0 Å². The third-order valence-electron chi connectivity index (χ3n) is 6.89. The third kappa shape index (κ3) is 4.11. The van der Waals surface area contributed by atoms with Gasteiger partial charge in [0.05, 0.1) is 24.4 Å². The van der Waals surface area contributed by atoms with E-state index in [0.717, 1.165) is 50.6 Å². The maximum Gasteiger partial charge on any atom is 0.266 e. The highest BCUT2D eigenvalue weighted by atomic mass is 16.7. The molecule has 0 spiro atoms. The van der Waals surface area contributed by atoms with Crippen LogP contribution in [0.25, 0.3) is 11.3 Å². The predicted octanol–water partition coefficient (Wildman–Crippen LogP) is 2.84. The van der Waals surface area contributed by atoms with Crippen LogP contribution in [0.1, 0.15) is 38.5 Å². The molecule has 0 unspecified atom stereocenters. The highest BCUT2D eigenvalue weighted by Crippen LogP contribution is 2.35. The first-order chi connectivity index (χ1) is 15.6. The van der Waals surface area contributed by atoms with E-state index in [1.54, 1.807) is 19.2 Å². The molecule has 170 valence electrons. The monoisotopic (exact) mass is 439 g/mol. The molecule has 8 nitrogen and oxygen atoms in total. The van der Waals surface area contributed by atoms with E-state index < -0.39 is 0 Å². The average molecular weight is 440 g/mol. The molecular weight excluding hydrogens is 410 g/mol. The van der Waals surface area contributed by atoms with Crippen LogP contribution in [0, 0.1) is 5.92 Å². The van der Waals surface area contributed by atoms with Crippen molar-refractivity contribution < 1.29 is 19.0 Å². The number of carbonyl (C=O) groups excluding carboxylic acids is 1. The summed E-state index contributed by atoms with van der Waals surface area (Å²) >= 11 is 0. The first-order valence-electron chi connectivity index (χ1n) is 11.4. The molecule has 1 aliphatic carbocycles. The Hall–Kier alpha value is -2.87. The molecule has 1 aromatic heterocycles. The fourth-order valence-electron chi connectivity index (χ4n) is 5.12. The molecule has 2 fully saturated rings. The Kier molecular flexibility index (Phi) is 5.87. The van der Waals surface area contributed by atoms with Crippen molar-refractivity contribution in [3.05, 3.63) is 40.7 Å². The van der Waals surface area contributed by atoms with E-state index in [4.69, 9.17) is 14.2 Å². The summed E-state index contributed by atoms with van der Waals surface area (Å²) in [6.45, 7) is 1.36. The zero-order valence-corrected chi connectivity index (χ0v) is 18.4. The van der Waals surface area contributed by atoms with Crippen LogP contribution in [-0.4, -0.2) is 53.2 Å². The smallest absolute Gasteiger partial charge is 0.266 e. The van der Waals surface area contributed by atoms with Crippen LogP contribution < -0.4 is 15.0 Å². The van der Waals surface area contributed by atoms with E-state index in [2.05, 4.69) is 5.10 Å². The van der Waals surface area contributed by atoms with Gasteiger partial charge >= 0.3 is 0 Å². The topological polar surface area (TPSA) is 82.9 Å². The number of rotatable bonds is 5. The molecule has 2 aromatic rings. The van der Waals surface area contributed by atoms with Gasteiger partial charge in [-0.2, -0.15) is 5.10 Å². The van der Waals surface area contributed by atoms with E-state index in [-0.39, 0.29) is 36.3 Å². The van der Waals surface area contributed by atoms with Gasteiger partial charge in [0.25, 0.3) is 5.56 Å². The molecule has 3 heterocycles. The lowest BCUT2D eigenvalue weighted by molar-refractivity contribution is -0.139. The molecule has 0 radical (unpaired) electrons. The highest BCUT2D eigenvalue weighted by Gasteiger charge is 2.36. The standard InChI is InChI=1S/C24H29N3O5/c1-30-19-6-2-4-17(12-19)24(29)26-11-3-5-18(26)14-27-23(28)10-8-20(25-27)16-7-9-21-22(13-16)32-15-31-21/h7-10,13,17-19H,2-6,11-12,14-15H2,1H3/t17-,18+,19-/m1/s1. The second-order valence-corrected chi connectivity index (χ2v) is 8.86. The number of carbonyl (C=O) groups is 1. The number of fused-ring (bicyclic) bond motifs is 1. The Bertz CT molecular complexity index is 1050. The lowest BCUT2D eigenvalue weighted by Gasteiger charge is -2.33. The number of hydrogen-bond donors (Lipinski definition) is 0. The second-order valence-electron chi connectivity index (χ2n) is 8.86. The summed E-state index contributed by atoms with van der Waals surface area (Å²) < 4.78 is 17.8. The maximum atomic E-state index is 13.3. The van der Waals surface area contributed by atoms with Gasteiger partial charge in [-0.15, -0.1) is 0 Å². The van der Waals surface area contributed by atoms with Gasteiger partial charge in [0.2, 0.25) is 12.7 Å². The van der Waals surface area contributed by atoms with Crippen molar-refractivity contribution in [3.63, 3.8) is 0 Å². The molecule has 3 atom stereocenters. The van der Waals surface area contributed by atoms with Crippen LogP contribution in [-0.2, 0) is 16.1 Å². The normalized spacial score (nSPS) is 24.7. The fourth-order valence-corrected chi connectivity index (χ4v) is 5.12. The summed E-state index contributed by atoms with van der Waals surface area (Å²) in [5.41, 5.74) is 1.38. The number of aromatic nitrogens is 2. The molecule has 32 heavy (non-hydrogen) atoms. The summed E-state index contributed by atoms with van der Waals surface area (Å²) in [4.78, 5) is 27.8. The molecule has 3 aliphatic rings. The minimum absolute atomic E-state index is 0.0115. The SMILES string of the molecule is CO[C@@H]1CCC[C@@H](C(=O)N2CCC[C@H]2Cn2nc(-c3ccc4c(c3)OCO4)ccc2=O)C1. The van der Waals surface area contributed by atoms with E-state index in [1.807, 2.05) is 23.1 Å². The molecule has 1 saturated heterocycles. The molecule has 1 aromatic carbocycles. The van der Waals surface area contributed by atoms with Crippen molar-refractivity contribution >= 4 is 5.91 Å². The Morgan fingerprint density at radius 3 is 2.88 bits per heavy atom. The van der Waals surface area contributed by atoms with Crippen LogP contribution >= 0.6 is 0 Å². The van der Waals surface area contributed by atoms with Gasteiger partial charge in [-0.3, -0.25) is 9.59 Å². The zero-order valence-electron chi connectivity index (χ0n) is 18.4. The first kappa shape index (κ1) is 21.0. The van der Waals surface area contributed by atoms with Crippen molar-refractivity contribution in [1.29, 1.82) is 0 Å². The van der Waals surface area contributed by atoms with Crippen molar-refractivity contribution in [2.75, 3.05) is 20.4 Å². The number of methoxy groups -OCH3 is 1. The fraction of sp³-hybridized carbons (Fsp3) is 0.542. The summed E-state index contributed by atoms with van der Waals surface area (Å²) in [6.07, 6.45) is 5.75. The van der Waals surface area contributed by atoms with Crippen LogP contribution in [0.3, 0.4) is 0 Å². The van der Waals surface area contributed by atoms with Crippen LogP contribution in [0.4, 0.5) is 0 Å².